The number of halogens is 2. The molecule has 140 valence electrons. The molecule has 27 heavy (non-hydrogen) atoms. The fraction of sp³-hybridized carbons (Fsp3) is 0.176. The molecule has 1 aromatic heterocycles. The first-order valence-electron chi connectivity index (χ1n) is 7.83. The van der Waals surface area contributed by atoms with Gasteiger partial charge in [-0.15, -0.1) is 0 Å². The first-order chi connectivity index (χ1) is 12.8. The van der Waals surface area contributed by atoms with E-state index in [1.165, 1.54) is 24.2 Å². The molecule has 2 amide bonds. The van der Waals surface area contributed by atoms with Gasteiger partial charge < -0.3 is 10.4 Å². The van der Waals surface area contributed by atoms with Crippen molar-refractivity contribution in [2.45, 2.75) is 29.8 Å². The number of amides is 2. The zero-order valence-electron chi connectivity index (χ0n) is 14.4. The summed E-state index contributed by atoms with van der Waals surface area (Å²) in [6.07, 6.45) is 2.77. The first-order valence-corrected chi connectivity index (χ1v) is 9.40. The molecule has 0 fully saturated rings. The SMILES string of the molecule is C=C1C=NN(c2cc(Cl)c(Sc3ncc(O)c(C(C)C)n3)c(Cl)c2)C(=O)N1. The molecule has 0 saturated carbocycles. The summed E-state index contributed by atoms with van der Waals surface area (Å²) in [5, 5.41) is 18.6. The van der Waals surface area contributed by atoms with Crippen molar-refractivity contribution in [3.63, 3.8) is 0 Å². The number of nitrogens with zero attached hydrogens (tertiary/aromatic N) is 4. The Labute approximate surface area is 170 Å². The highest BCUT2D eigenvalue weighted by Gasteiger charge is 2.22. The minimum atomic E-state index is -0.460. The van der Waals surface area contributed by atoms with Crippen molar-refractivity contribution >= 4 is 52.9 Å². The van der Waals surface area contributed by atoms with E-state index in [1.807, 2.05) is 13.8 Å². The molecule has 0 aliphatic carbocycles. The van der Waals surface area contributed by atoms with Crippen molar-refractivity contribution < 1.29 is 9.90 Å². The molecule has 10 heteroatoms. The minimum Gasteiger partial charge on any atom is -0.504 e. The Balaban J connectivity index is 1.92. The number of aromatic hydroxyl groups is 1. The average molecular weight is 424 g/mol. The summed E-state index contributed by atoms with van der Waals surface area (Å²) in [5.41, 5.74) is 1.34. The fourth-order valence-corrected chi connectivity index (χ4v) is 3.74. The monoisotopic (exact) mass is 423 g/mol. The molecule has 0 bridgehead atoms. The van der Waals surface area contributed by atoms with Crippen LogP contribution in [0, 0.1) is 0 Å². The molecule has 2 N–H and O–H groups in total. The highest BCUT2D eigenvalue weighted by Crippen LogP contribution is 2.41. The van der Waals surface area contributed by atoms with Gasteiger partial charge in [-0.05, 0) is 29.8 Å². The van der Waals surface area contributed by atoms with Crippen LogP contribution in [0.5, 0.6) is 5.75 Å². The Kier molecular flexibility index (Phi) is 5.59. The molecular weight excluding hydrogens is 409 g/mol. The van der Waals surface area contributed by atoms with Crippen LogP contribution in [0.1, 0.15) is 25.5 Å². The van der Waals surface area contributed by atoms with E-state index in [9.17, 15) is 9.90 Å². The van der Waals surface area contributed by atoms with Crippen LogP contribution in [0.2, 0.25) is 10.0 Å². The smallest absolute Gasteiger partial charge is 0.347 e. The second-order valence-corrected chi connectivity index (χ2v) is 7.72. The van der Waals surface area contributed by atoms with Crippen molar-refractivity contribution in [3.8, 4) is 5.75 Å². The van der Waals surface area contributed by atoms with E-state index < -0.39 is 6.03 Å². The van der Waals surface area contributed by atoms with Crippen LogP contribution in [0.15, 0.2) is 45.8 Å². The summed E-state index contributed by atoms with van der Waals surface area (Å²) in [6.45, 7) is 7.46. The number of hydrogen-bond acceptors (Lipinski definition) is 6. The predicted molar refractivity (Wildman–Crippen MR) is 107 cm³/mol. The van der Waals surface area contributed by atoms with Gasteiger partial charge in [-0.25, -0.2) is 14.8 Å². The molecule has 3 rings (SSSR count). The van der Waals surface area contributed by atoms with Crippen molar-refractivity contribution in [2.75, 3.05) is 5.01 Å². The lowest BCUT2D eigenvalue weighted by molar-refractivity contribution is 0.248. The number of carbonyl (C=O) groups excluding carboxylic acids is 1. The molecule has 0 radical (unpaired) electrons. The van der Waals surface area contributed by atoms with Crippen LogP contribution in [0.3, 0.4) is 0 Å². The van der Waals surface area contributed by atoms with Crippen molar-refractivity contribution in [1.82, 2.24) is 15.3 Å². The topological polar surface area (TPSA) is 90.7 Å². The number of rotatable bonds is 4. The molecule has 1 aromatic carbocycles. The maximum atomic E-state index is 12.0. The average Bonchev–Trinajstić information content (AvgIpc) is 2.59. The van der Waals surface area contributed by atoms with E-state index >= 15 is 0 Å². The molecule has 1 aliphatic heterocycles. The van der Waals surface area contributed by atoms with Crippen LogP contribution >= 0.6 is 35.0 Å². The summed E-state index contributed by atoms with van der Waals surface area (Å²) in [7, 11) is 0. The maximum Gasteiger partial charge on any atom is 0.347 e. The van der Waals surface area contributed by atoms with Gasteiger partial charge in [0, 0.05) is 0 Å². The van der Waals surface area contributed by atoms with Crippen LogP contribution in [-0.2, 0) is 0 Å². The number of urea groups is 1. The highest BCUT2D eigenvalue weighted by molar-refractivity contribution is 7.99. The molecule has 2 heterocycles. The van der Waals surface area contributed by atoms with Gasteiger partial charge in [0.2, 0.25) is 0 Å². The lowest BCUT2D eigenvalue weighted by Crippen LogP contribution is -2.40. The molecular formula is C17H15Cl2N5O2S. The van der Waals surface area contributed by atoms with Gasteiger partial charge in [-0.1, -0.05) is 43.6 Å². The fourth-order valence-electron chi connectivity index (χ4n) is 2.29. The number of allylic oxidation sites excluding steroid dienone is 1. The predicted octanol–water partition coefficient (Wildman–Crippen LogP) is 4.79. The molecule has 7 nitrogen and oxygen atoms in total. The van der Waals surface area contributed by atoms with E-state index in [-0.39, 0.29) is 11.7 Å². The lowest BCUT2D eigenvalue weighted by atomic mass is 10.1. The Morgan fingerprint density at radius 3 is 2.56 bits per heavy atom. The lowest BCUT2D eigenvalue weighted by Gasteiger charge is -2.22. The van der Waals surface area contributed by atoms with E-state index in [1.54, 1.807) is 12.1 Å². The van der Waals surface area contributed by atoms with Gasteiger partial charge in [0.05, 0.1) is 44.4 Å². The zero-order valence-corrected chi connectivity index (χ0v) is 16.7. The number of hydrogen-bond donors (Lipinski definition) is 2. The molecule has 0 saturated heterocycles. The summed E-state index contributed by atoms with van der Waals surface area (Å²) in [5.74, 6) is 0.0725. The standard InChI is InChI=1S/C17H15Cl2N5O2S/c1-8(2)14-13(25)7-20-16(23-14)27-15-11(18)4-10(5-12(15)19)24-17(26)22-9(3)6-21-24/h4-8,25H,3H2,1-2H3,(H,22,26). The second-order valence-electron chi connectivity index (χ2n) is 5.93. The Bertz CT molecular complexity index is 941. The number of nitrogens with one attached hydrogen (secondary N) is 1. The summed E-state index contributed by atoms with van der Waals surface area (Å²) < 4.78 is 0. The van der Waals surface area contributed by atoms with Gasteiger partial charge in [0.25, 0.3) is 0 Å². The number of aromatic nitrogens is 2. The van der Waals surface area contributed by atoms with Gasteiger partial charge in [-0.2, -0.15) is 10.1 Å². The quantitative estimate of drug-likeness (QED) is 0.689. The van der Waals surface area contributed by atoms with E-state index in [0.717, 1.165) is 5.01 Å². The minimum absolute atomic E-state index is 0.0332. The second kappa shape index (κ2) is 7.75. The molecule has 0 unspecified atom stereocenters. The number of anilines is 1. The Hall–Kier alpha value is -2.29. The first kappa shape index (κ1) is 19.5. The third-order valence-electron chi connectivity index (χ3n) is 3.53. The highest BCUT2D eigenvalue weighted by atomic mass is 35.5. The number of carbonyl (C=O) groups is 1. The van der Waals surface area contributed by atoms with Crippen molar-refractivity contribution in [2.24, 2.45) is 5.10 Å². The molecule has 2 aromatic rings. The molecule has 1 aliphatic rings. The number of benzene rings is 1. The Morgan fingerprint density at radius 1 is 1.30 bits per heavy atom. The van der Waals surface area contributed by atoms with Gasteiger partial charge in [0.15, 0.2) is 10.9 Å². The third-order valence-corrected chi connectivity index (χ3v) is 5.38. The third kappa shape index (κ3) is 4.18. The Morgan fingerprint density at radius 2 is 1.96 bits per heavy atom. The van der Waals surface area contributed by atoms with Gasteiger partial charge in [-0.3, -0.25) is 0 Å². The van der Waals surface area contributed by atoms with Crippen molar-refractivity contribution in [3.05, 3.63) is 46.3 Å². The molecule has 0 atom stereocenters. The van der Waals surface area contributed by atoms with Crippen LogP contribution in [0.25, 0.3) is 0 Å². The summed E-state index contributed by atoms with van der Waals surface area (Å²) in [4.78, 5) is 21.0. The largest absolute Gasteiger partial charge is 0.504 e. The zero-order chi connectivity index (χ0) is 19.7. The van der Waals surface area contributed by atoms with Gasteiger partial charge in [0.1, 0.15) is 0 Å². The summed E-state index contributed by atoms with van der Waals surface area (Å²) >= 11 is 13.9. The normalized spacial score (nSPS) is 14.0. The molecule has 0 spiro atoms. The van der Waals surface area contributed by atoms with Crippen LogP contribution < -0.4 is 10.3 Å². The van der Waals surface area contributed by atoms with Gasteiger partial charge >= 0.3 is 6.03 Å². The van der Waals surface area contributed by atoms with Crippen LogP contribution in [-0.4, -0.2) is 27.3 Å². The number of hydrazone groups is 1. The summed E-state index contributed by atoms with van der Waals surface area (Å²) in [6, 6.07) is 2.69. The van der Waals surface area contributed by atoms with E-state index in [2.05, 4.69) is 27.0 Å². The van der Waals surface area contributed by atoms with Crippen LogP contribution in [0.4, 0.5) is 10.5 Å². The van der Waals surface area contributed by atoms with E-state index in [4.69, 9.17) is 23.2 Å². The van der Waals surface area contributed by atoms with Crippen molar-refractivity contribution in [1.29, 1.82) is 0 Å². The van der Waals surface area contributed by atoms with E-state index in [0.29, 0.717) is 37.2 Å². The maximum absolute atomic E-state index is 12.0.